The molecule has 0 aromatic carbocycles. The van der Waals surface area contributed by atoms with Crippen molar-refractivity contribution in [3.8, 4) is 0 Å². The molecule has 0 rings (SSSR count). The van der Waals surface area contributed by atoms with E-state index in [-0.39, 0.29) is 19.6 Å². The molecule has 0 fully saturated rings. The summed E-state index contributed by atoms with van der Waals surface area (Å²) in [5.74, 6) is -2.04. The van der Waals surface area contributed by atoms with Crippen LogP contribution in [0.1, 0.15) is 48.5 Å². The molecule has 0 aliphatic carbocycles. The summed E-state index contributed by atoms with van der Waals surface area (Å²) in [6.07, 6.45) is -0.527. The molecule has 24 heavy (non-hydrogen) atoms. The van der Waals surface area contributed by atoms with Crippen molar-refractivity contribution in [2.75, 3.05) is 19.6 Å². The summed E-state index contributed by atoms with van der Waals surface area (Å²) >= 11 is 0. The molecule has 0 bridgehead atoms. The van der Waals surface area contributed by atoms with E-state index >= 15 is 0 Å². The van der Waals surface area contributed by atoms with Gasteiger partial charge in [0.1, 0.15) is 11.2 Å². The molecule has 0 aromatic rings. The zero-order valence-electron chi connectivity index (χ0n) is 15.6. The van der Waals surface area contributed by atoms with Gasteiger partial charge in [0.25, 0.3) is 0 Å². The molecule has 8 heteroatoms. The molecule has 1 unspecified atom stereocenters. The topological polar surface area (TPSA) is 105 Å². The largest absolute Gasteiger partial charge is 0.480 e. The van der Waals surface area contributed by atoms with Gasteiger partial charge >= 0.3 is 17.9 Å². The molecule has 0 saturated heterocycles. The molecule has 1 atom stereocenters. The normalized spacial score (nSPS) is 13.5. The third kappa shape index (κ3) is 11.8. The van der Waals surface area contributed by atoms with Crippen LogP contribution in [-0.4, -0.2) is 64.9 Å². The Morgan fingerprint density at radius 2 is 1.33 bits per heavy atom. The van der Waals surface area contributed by atoms with E-state index in [1.807, 2.05) is 0 Å². The summed E-state index contributed by atoms with van der Waals surface area (Å²) in [5, 5.41) is 11.5. The van der Waals surface area contributed by atoms with Crippen LogP contribution in [0, 0.1) is 0 Å². The van der Waals surface area contributed by atoms with Gasteiger partial charge in [0, 0.05) is 0 Å². The lowest BCUT2D eigenvalue weighted by Crippen LogP contribution is -2.50. The molecule has 2 N–H and O–H groups in total. The smallest absolute Gasteiger partial charge is 0.320 e. The molecule has 0 spiro atoms. The van der Waals surface area contributed by atoms with Gasteiger partial charge in [-0.15, -0.1) is 0 Å². The van der Waals surface area contributed by atoms with Gasteiger partial charge in [-0.25, -0.2) is 0 Å². The van der Waals surface area contributed by atoms with Crippen molar-refractivity contribution in [3.63, 3.8) is 0 Å². The van der Waals surface area contributed by atoms with Crippen molar-refractivity contribution < 1.29 is 29.0 Å². The Hall–Kier alpha value is -1.67. The highest BCUT2D eigenvalue weighted by Crippen LogP contribution is 2.10. The van der Waals surface area contributed by atoms with E-state index in [1.54, 1.807) is 48.5 Å². The maximum absolute atomic E-state index is 12.0. The lowest BCUT2D eigenvalue weighted by molar-refractivity contribution is -0.161. The number of rotatable bonds is 8. The Kier molecular flexibility index (Phi) is 8.36. The van der Waals surface area contributed by atoms with E-state index in [2.05, 4.69) is 5.32 Å². The van der Waals surface area contributed by atoms with Crippen LogP contribution >= 0.6 is 0 Å². The number of carboxylic acids is 1. The van der Waals surface area contributed by atoms with Crippen LogP contribution in [0.25, 0.3) is 0 Å². The Morgan fingerprint density at radius 1 is 0.958 bits per heavy atom. The standard InChI is InChI=1S/C16H30N2O6/c1-11(17-8-12(19)20)18(9-13(21)23-15(2,3)4)10-14(22)24-16(5,6)7/h11,17H,8-10H2,1-7H3,(H,19,20). The Balaban J connectivity index is 4.91. The van der Waals surface area contributed by atoms with Gasteiger partial charge in [-0.1, -0.05) is 0 Å². The van der Waals surface area contributed by atoms with E-state index < -0.39 is 35.3 Å². The summed E-state index contributed by atoms with van der Waals surface area (Å²) < 4.78 is 10.5. The second-order valence-electron chi connectivity index (χ2n) is 7.53. The average molecular weight is 346 g/mol. The summed E-state index contributed by atoms with van der Waals surface area (Å²) in [4.78, 5) is 36.2. The summed E-state index contributed by atoms with van der Waals surface area (Å²) in [6, 6.07) is 0. The quantitative estimate of drug-likeness (QED) is 0.495. The van der Waals surface area contributed by atoms with Crippen LogP contribution in [0.2, 0.25) is 0 Å². The van der Waals surface area contributed by atoms with Crippen LogP contribution in [0.4, 0.5) is 0 Å². The fourth-order valence-electron chi connectivity index (χ4n) is 1.77. The van der Waals surface area contributed by atoms with Crippen molar-refractivity contribution in [1.29, 1.82) is 0 Å². The predicted molar refractivity (Wildman–Crippen MR) is 88.4 cm³/mol. The lowest BCUT2D eigenvalue weighted by Gasteiger charge is -2.30. The summed E-state index contributed by atoms with van der Waals surface area (Å²) in [6.45, 7) is 11.5. The molecule has 0 heterocycles. The average Bonchev–Trinajstić information content (AvgIpc) is 2.30. The molecule has 0 amide bonds. The second kappa shape index (κ2) is 8.98. The lowest BCUT2D eigenvalue weighted by atomic mass is 10.2. The van der Waals surface area contributed by atoms with Crippen molar-refractivity contribution in [3.05, 3.63) is 0 Å². The van der Waals surface area contributed by atoms with Crippen molar-refractivity contribution in [2.24, 2.45) is 0 Å². The number of hydrogen-bond acceptors (Lipinski definition) is 7. The first kappa shape index (κ1) is 22.3. The minimum atomic E-state index is -1.03. The molecule has 8 nitrogen and oxygen atoms in total. The van der Waals surface area contributed by atoms with E-state index in [0.29, 0.717) is 0 Å². The number of ether oxygens (including phenoxy) is 2. The zero-order valence-corrected chi connectivity index (χ0v) is 15.6. The second-order valence-corrected chi connectivity index (χ2v) is 7.53. The highest BCUT2D eigenvalue weighted by Gasteiger charge is 2.26. The highest BCUT2D eigenvalue weighted by atomic mass is 16.6. The van der Waals surface area contributed by atoms with Crippen molar-refractivity contribution in [2.45, 2.75) is 65.8 Å². The third-order valence-corrected chi connectivity index (χ3v) is 2.60. The van der Waals surface area contributed by atoms with Crippen molar-refractivity contribution >= 4 is 17.9 Å². The van der Waals surface area contributed by atoms with E-state index in [4.69, 9.17) is 14.6 Å². The van der Waals surface area contributed by atoms with Gasteiger partial charge in [-0.05, 0) is 48.5 Å². The molecular formula is C16H30N2O6. The van der Waals surface area contributed by atoms with Gasteiger partial charge in [0.05, 0.1) is 25.8 Å². The minimum Gasteiger partial charge on any atom is -0.480 e. The minimum absolute atomic E-state index is 0.162. The molecule has 0 aliphatic heterocycles. The molecule has 0 aromatic heterocycles. The van der Waals surface area contributed by atoms with Crippen LogP contribution in [0.3, 0.4) is 0 Å². The number of carboxylic acid groups (broad SMARTS) is 1. The van der Waals surface area contributed by atoms with Crippen LogP contribution in [-0.2, 0) is 23.9 Å². The van der Waals surface area contributed by atoms with Crippen LogP contribution < -0.4 is 5.32 Å². The fraction of sp³-hybridized carbons (Fsp3) is 0.812. The van der Waals surface area contributed by atoms with Crippen LogP contribution in [0.15, 0.2) is 0 Å². The molecular weight excluding hydrogens is 316 g/mol. The van der Waals surface area contributed by atoms with Gasteiger partial charge in [-0.3, -0.25) is 24.6 Å². The van der Waals surface area contributed by atoms with Gasteiger partial charge in [0.2, 0.25) is 0 Å². The number of aliphatic carboxylic acids is 1. The number of carbonyl (C=O) groups excluding carboxylic acids is 2. The number of hydrogen-bond donors (Lipinski definition) is 2. The SMILES string of the molecule is CC(NCC(=O)O)N(CC(=O)OC(C)(C)C)CC(=O)OC(C)(C)C. The van der Waals surface area contributed by atoms with Gasteiger partial charge < -0.3 is 14.6 Å². The van der Waals surface area contributed by atoms with Gasteiger partial charge in [-0.2, -0.15) is 0 Å². The fourth-order valence-corrected chi connectivity index (χ4v) is 1.77. The van der Waals surface area contributed by atoms with Crippen LogP contribution in [0.5, 0.6) is 0 Å². The molecule has 140 valence electrons. The highest BCUT2D eigenvalue weighted by molar-refractivity contribution is 5.75. The maximum Gasteiger partial charge on any atom is 0.320 e. The first-order chi connectivity index (χ1) is 10.7. The Bertz CT molecular complexity index is 420. The molecule has 0 aliphatic rings. The number of esters is 2. The first-order valence-corrected chi connectivity index (χ1v) is 7.82. The molecule has 0 radical (unpaired) electrons. The van der Waals surface area contributed by atoms with Crippen molar-refractivity contribution in [1.82, 2.24) is 10.2 Å². The van der Waals surface area contributed by atoms with E-state index in [1.165, 1.54) is 4.90 Å². The monoisotopic (exact) mass is 346 g/mol. The van der Waals surface area contributed by atoms with E-state index in [9.17, 15) is 14.4 Å². The third-order valence-electron chi connectivity index (χ3n) is 2.60. The number of nitrogens with one attached hydrogen (secondary N) is 1. The summed E-state index contributed by atoms with van der Waals surface area (Å²) in [5.41, 5.74) is -1.29. The first-order valence-electron chi connectivity index (χ1n) is 7.82. The number of carbonyl (C=O) groups is 3. The summed E-state index contributed by atoms with van der Waals surface area (Å²) in [7, 11) is 0. The number of nitrogens with zero attached hydrogens (tertiary/aromatic N) is 1. The Morgan fingerprint density at radius 3 is 1.62 bits per heavy atom. The molecule has 0 saturated carbocycles. The zero-order chi connectivity index (χ0) is 19.1. The van der Waals surface area contributed by atoms with Gasteiger partial charge in [0.15, 0.2) is 0 Å². The van der Waals surface area contributed by atoms with E-state index in [0.717, 1.165) is 0 Å². The maximum atomic E-state index is 12.0. The predicted octanol–water partition coefficient (Wildman–Crippen LogP) is 0.992. The Labute approximate surface area is 143 Å².